The van der Waals surface area contributed by atoms with Crippen molar-refractivity contribution in [2.24, 2.45) is 0 Å². The largest absolute Gasteiger partial charge is 0.350 e. The maximum atomic E-state index is 12.8. The monoisotopic (exact) mass is 433 g/mol. The average molecular weight is 434 g/mol. The molecule has 30 heavy (non-hydrogen) atoms. The zero-order valence-electron chi connectivity index (χ0n) is 17.2. The number of nitrogens with zero attached hydrogens (tertiary/aromatic N) is 2. The number of hydrogen-bond donors (Lipinski definition) is 1. The summed E-state index contributed by atoms with van der Waals surface area (Å²) < 4.78 is 32.1. The fourth-order valence-corrected chi connectivity index (χ4v) is 4.23. The maximum Gasteiger partial charge on any atom is 0.267 e. The standard InChI is InChI=1S/C21H27N3O5S/c1-23(2)15-17-6-9-19(10-7-17)30(26,27)24-13-12-18(16-24)8-11-20(25)22-29-21-5-3-4-14-28-21/h6-13,16,21H,3-5,14-15H2,1-2H3,(H,22,25). The quantitative estimate of drug-likeness (QED) is 0.508. The van der Waals surface area contributed by atoms with E-state index in [0.29, 0.717) is 12.2 Å². The summed E-state index contributed by atoms with van der Waals surface area (Å²) in [7, 11) is 0.209. The van der Waals surface area contributed by atoms with Gasteiger partial charge in [-0.3, -0.25) is 4.79 Å². The highest BCUT2D eigenvalue weighted by atomic mass is 32.2. The Morgan fingerprint density at radius 1 is 1.27 bits per heavy atom. The van der Waals surface area contributed by atoms with Crippen molar-refractivity contribution < 1.29 is 22.8 Å². The maximum absolute atomic E-state index is 12.8. The topological polar surface area (TPSA) is 89.9 Å². The van der Waals surface area contributed by atoms with Gasteiger partial charge in [-0.15, -0.1) is 0 Å². The molecule has 1 amide bonds. The average Bonchev–Trinajstić information content (AvgIpc) is 3.21. The third kappa shape index (κ3) is 6.02. The molecule has 1 aromatic heterocycles. The highest BCUT2D eigenvalue weighted by molar-refractivity contribution is 7.90. The highest BCUT2D eigenvalue weighted by Crippen LogP contribution is 2.17. The van der Waals surface area contributed by atoms with Crippen LogP contribution in [0.1, 0.15) is 30.4 Å². The second kappa shape index (κ2) is 10.0. The molecule has 1 fully saturated rings. The summed E-state index contributed by atoms with van der Waals surface area (Å²) in [5.41, 5.74) is 3.93. The molecule has 8 nitrogen and oxygen atoms in total. The van der Waals surface area contributed by atoms with Crippen LogP contribution in [0.3, 0.4) is 0 Å². The molecular formula is C21H27N3O5S. The van der Waals surface area contributed by atoms with Crippen molar-refractivity contribution in [3.8, 4) is 0 Å². The first-order chi connectivity index (χ1) is 14.3. The zero-order valence-corrected chi connectivity index (χ0v) is 18.0. The van der Waals surface area contributed by atoms with Crippen LogP contribution in [0.5, 0.6) is 0 Å². The van der Waals surface area contributed by atoms with Gasteiger partial charge < -0.3 is 9.64 Å². The van der Waals surface area contributed by atoms with Gasteiger partial charge in [0.2, 0.25) is 0 Å². The molecule has 162 valence electrons. The summed E-state index contributed by atoms with van der Waals surface area (Å²) in [5.74, 6) is -0.448. The molecule has 0 spiro atoms. The number of nitrogens with one attached hydrogen (secondary N) is 1. The van der Waals surface area contributed by atoms with Crippen molar-refractivity contribution in [3.05, 3.63) is 59.9 Å². The Balaban J connectivity index is 1.60. The SMILES string of the molecule is CN(C)Cc1ccc(S(=O)(=O)n2ccc(C=CC(=O)NOC3CCCCO3)c2)cc1. The van der Waals surface area contributed by atoms with E-state index in [1.165, 1.54) is 24.5 Å². The first-order valence-electron chi connectivity index (χ1n) is 9.77. The molecule has 1 saturated heterocycles. The third-order valence-electron chi connectivity index (χ3n) is 4.54. The molecule has 2 aromatic rings. The van der Waals surface area contributed by atoms with Gasteiger partial charge in [0.1, 0.15) is 0 Å². The van der Waals surface area contributed by atoms with E-state index in [1.807, 2.05) is 19.0 Å². The van der Waals surface area contributed by atoms with Crippen LogP contribution in [0, 0.1) is 0 Å². The molecule has 1 atom stereocenters. The van der Waals surface area contributed by atoms with Crippen molar-refractivity contribution in [3.63, 3.8) is 0 Å². The minimum absolute atomic E-state index is 0.203. The van der Waals surface area contributed by atoms with E-state index in [4.69, 9.17) is 9.57 Å². The molecular weight excluding hydrogens is 406 g/mol. The van der Waals surface area contributed by atoms with Gasteiger partial charge in [0.05, 0.1) is 4.90 Å². The van der Waals surface area contributed by atoms with Gasteiger partial charge in [-0.05, 0) is 62.3 Å². The molecule has 2 heterocycles. The Morgan fingerprint density at radius 2 is 2.03 bits per heavy atom. The van der Waals surface area contributed by atoms with Crippen LogP contribution in [-0.2, 0) is 30.9 Å². The van der Waals surface area contributed by atoms with Crippen LogP contribution in [0.25, 0.3) is 6.08 Å². The number of aromatic nitrogens is 1. The van der Waals surface area contributed by atoms with Crippen molar-refractivity contribution in [2.75, 3.05) is 20.7 Å². The second-order valence-corrected chi connectivity index (χ2v) is 9.22. The van der Waals surface area contributed by atoms with E-state index in [0.717, 1.165) is 35.3 Å². The molecule has 1 unspecified atom stereocenters. The van der Waals surface area contributed by atoms with Gasteiger partial charge in [0, 0.05) is 38.0 Å². The minimum atomic E-state index is -3.70. The predicted molar refractivity (Wildman–Crippen MR) is 113 cm³/mol. The lowest BCUT2D eigenvalue weighted by molar-refractivity contribution is -0.198. The molecule has 0 saturated carbocycles. The first-order valence-corrected chi connectivity index (χ1v) is 11.2. The van der Waals surface area contributed by atoms with Crippen molar-refractivity contribution in [1.29, 1.82) is 0 Å². The number of rotatable bonds is 8. The second-order valence-electron chi connectivity index (χ2n) is 7.38. The summed E-state index contributed by atoms with van der Waals surface area (Å²) in [6.07, 6.45) is 8.01. The highest BCUT2D eigenvalue weighted by Gasteiger charge is 2.17. The van der Waals surface area contributed by atoms with E-state index < -0.39 is 22.2 Å². The number of carbonyl (C=O) groups excluding carboxylic acids is 1. The molecule has 9 heteroatoms. The summed E-state index contributed by atoms with van der Waals surface area (Å²) in [5, 5.41) is 0. The Bertz CT molecular complexity index is 974. The van der Waals surface area contributed by atoms with E-state index in [2.05, 4.69) is 5.48 Å². The van der Waals surface area contributed by atoms with Crippen LogP contribution < -0.4 is 5.48 Å². The van der Waals surface area contributed by atoms with Crippen LogP contribution in [0.4, 0.5) is 0 Å². The number of carbonyl (C=O) groups is 1. The third-order valence-corrected chi connectivity index (χ3v) is 6.19. The number of hydrogen-bond acceptors (Lipinski definition) is 6. The van der Waals surface area contributed by atoms with Crippen LogP contribution in [0.15, 0.2) is 53.7 Å². The number of benzene rings is 1. The summed E-state index contributed by atoms with van der Waals surface area (Å²) in [6, 6.07) is 8.42. The summed E-state index contributed by atoms with van der Waals surface area (Å²) >= 11 is 0. The van der Waals surface area contributed by atoms with Gasteiger partial charge in [0.25, 0.3) is 15.9 Å². The minimum Gasteiger partial charge on any atom is -0.350 e. The number of ether oxygens (including phenoxy) is 1. The molecule has 0 bridgehead atoms. The van der Waals surface area contributed by atoms with Crippen molar-refractivity contribution in [2.45, 2.75) is 37.0 Å². The zero-order chi connectivity index (χ0) is 21.6. The lowest BCUT2D eigenvalue weighted by Gasteiger charge is -2.21. The Labute approximate surface area is 177 Å². The predicted octanol–water partition coefficient (Wildman–Crippen LogP) is 2.37. The van der Waals surface area contributed by atoms with E-state index in [-0.39, 0.29) is 4.90 Å². The smallest absolute Gasteiger partial charge is 0.267 e. The molecule has 3 rings (SSSR count). The van der Waals surface area contributed by atoms with Crippen LogP contribution >= 0.6 is 0 Å². The normalized spacial score (nSPS) is 17.5. The van der Waals surface area contributed by atoms with Gasteiger partial charge >= 0.3 is 0 Å². The van der Waals surface area contributed by atoms with E-state index in [1.54, 1.807) is 30.3 Å². The molecule has 0 aliphatic carbocycles. The summed E-state index contributed by atoms with van der Waals surface area (Å²) in [6.45, 7) is 1.36. The molecule has 1 aromatic carbocycles. The number of hydroxylamine groups is 1. The summed E-state index contributed by atoms with van der Waals surface area (Å²) in [4.78, 5) is 19.3. The first kappa shape index (κ1) is 22.2. The lowest BCUT2D eigenvalue weighted by Crippen LogP contribution is -2.32. The van der Waals surface area contributed by atoms with Crippen molar-refractivity contribution >= 4 is 22.0 Å². The Morgan fingerprint density at radius 3 is 2.70 bits per heavy atom. The molecule has 1 N–H and O–H groups in total. The van der Waals surface area contributed by atoms with Gasteiger partial charge in [-0.1, -0.05) is 12.1 Å². The van der Waals surface area contributed by atoms with Crippen LogP contribution in [-0.4, -0.2) is 50.2 Å². The molecule has 0 radical (unpaired) electrons. The fourth-order valence-electron chi connectivity index (χ4n) is 3.03. The van der Waals surface area contributed by atoms with E-state index >= 15 is 0 Å². The van der Waals surface area contributed by atoms with Gasteiger partial charge in [-0.25, -0.2) is 22.7 Å². The molecule has 1 aliphatic rings. The van der Waals surface area contributed by atoms with Crippen molar-refractivity contribution in [1.82, 2.24) is 14.4 Å². The van der Waals surface area contributed by atoms with Crippen LogP contribution in [0.2, 0.25) is 0 Å². The fraction of sp³-hybridized carbons (Fsp3) is 0.381. The Kier molecular flexibility index (Phi) is 7.43. The van der Waals surface area contributed by atoms with E-state index in [9.17, 15) is 13.2 Å². The van der Waals surface area contributed by atoms with Gasteiger partial charge in [0.15, 0.2) is 6.29 Å². The number of amides is 1. The van der Waals surface area contributed by atoms with Gasteiger partial charge in [-0.2, -0.15) is 0 Å². The Hall–Kier alpha value is -2.46. The molecule has 1 aliphatic heterocycles. The lowest BCUT2D eigenvalue weighted by atomic mass is 10.2.